The number of pyridine rings is 1. The molecule has 2 aromatic rings. The molecule has 0 saturated carbocycles. The van der Waals surface area contributed by atoms with Gasteiger partial charge in [-0.05, 0) is 31.9 Å². The fraction of sp³-hybridized carbons (Fsp3) is 0.467. The minimum absolute atomic E-state index is 0.119. The van der Waals surface area contributed by atoms with Gasteiger partial charge in [0.1, 0.15) is 0 Å². The van der Waals surface area contributed by atoms with Gasteiger partial charge in [-0.15, -0.1) is 0 Å². The molecule has 2 rings (SSSR count). The van der Waals surface area contributed by atoms with E-state index in [0.29, 0.717) is 30.8 Å². The number of carbonyl (C=O) groups is 1. The first kappa shape index (κ1) is 15.9. The number of aryl methyl sites for hydroxylation is 2. The molecule has 2 aromatic heterocycles. The van der Waals surface area contributed by atoms with Gasteiger partial charge in [0, 0.05) is 25.1 Å². The van der Waals surface area contributed by atoms with Crippen molar-refractivity contribution in [1.82, 2.24) is 14.7 Å². The summed E-state index contributed by atoms with van der Waals surface area (Å²) in [5.41, 5.74) is 6.29. The third-order valence-electron chi connectivity index (χ3n) is 3.36. The van der Waals surface area contributed by atoms with E-state index in [1.54, 1.807) is 10.6 Å². The average molecular weight is 304 g/mol. The molecule has 0 unspecified atom stereocenters. The van der Waals surface area contributed by atoms with Crippen molar-refractivity contribution in [2.45, 2.75) is 46.1 Å². The average Bonchev–Trinajstić information content (AvgIpc) is 2.91. The summed E-state index contributed by atoms with van der Waals surface area (Å²) < 4.78 is 6.83. The highest BCUT2D eigenvalue weighted by atomic mass is 16.5. The molecule has 22 heavy (non-hydrogen) atoms. The summed E-state index contributed by atoms with van der Waals surface area (Å²) in [5.74, 6) is 0.322. The molecule has 0 spiro atoms. The standard InChI is InChI=1S/C15H20N4O3/c1-3-9-19-10(2)7-8-11(15(19)21)14-17-13(22-18-14)6-4-5-12(16)20/h7-8H,3-6,9H2,1-2H3,(H2,16,20). The summed E-state index contributed by atoms with van der Waals surface area (Å²) >= 11 is 0. The van der Waals surface area contributed by atoms with Crippen LogP contribution >= 0.6 is 0 Å². The molecule has 0 atom stereocenters. The van der Waals surface area contributed by atoms with E-state index in [-0.39, 0.29) is 23.7 Å². The number of hydrogen-bond donors (Lipinski definition) is 1. The number of primary amides is 1. The Labute approximate surface area is 128 Å². The Hall–Kier alpha value is -2.44. The molecule has 7 nitrogen and oxygen atoms in total. The Morgan fingerprint density at radius 1 is 1.41 bits per heavy atom. The molecule has 0 aromatic carbocycles. The Kier molecular flexibility index (Phi) is 5.08. The van der Waals surface area contributed by atoms with Crippen molar-refractivity contribution in [3.8, 4) is 11.4 Å². The third-order valence-corrected chi connectivity index (χ3v) is 3.36. The van der Waals surface area contributed by atoms with Crippen molar-refractivity contribution in [1.29, 1.82) is 0 Å². The fourth-order valence-electron chi connectivity index (χ4n) is 2.22. The van der Waals surface area contributed by atoms with Gasteiger partial charge in [0.25, 0.3) is 5.56 Å². The first-order valence-electron chi connectivity index (χ1n) is 7.34. The summed E-state index contributed by atoms with van der Waals surface area (Å²) in [6.07, 6.45) is 2.15. The van der Waals surface area contributed by atoms with E-state index in [1.165, 1.54) is 0 Å². The number of carbonyl (C=O) groups excluding carboxylic acids is 1. The van der Waals surface area contributed by atoms with Gasteiger partial charge in [-0.3, -0.25) is 9.59 Å². The van der Waals surface area contributed by atoms with Crippen LogP contribution in [0.1, 0.15) is 37.8 Å². The van der Waals surface area contributed by atoms with E-state index in [2.05, 4.69) is 10.1 Å². The first-order chi connectivity index (χ1) is 10.5. The lowest BCUT2D eigenvalue weighted by molar-refractivity contribution is -0.118. The van der Waals surface area contributed by atoms with Crippen LogP contribution in [-0.4, -0.2) is 20.6 Å². The van der Waals surface area contributed by atoms with Crippen molar-refractivity contribution in [2.75, 3.05) is 0 Å². The van der Waals surface area contributed by atoms with Crippen molar-refractivity contribution in [3.63, 3.8) is 0 Å². The minimum atomic E-state index is -0.360. The lowest BCUT2D eigenvalue weighted by atomic mass is 10.2. The molecule has 0 fully saturated rings. The highest BCUT2D eigenvalue weighted by Gasteiger charge is 2.14. The van der Waals surface area contributed by atoms with Crippen molar-refractivity contribution >= 4 is 5.91 Å². The largest absolute Gasteiger partial charge is 0.370 e. The molecule has 0 radical (unpaired) electrons. The summed E-state index contributed by atoms with van der Waals surface area (Å²) in [4.78, 5) is 27.4. The van der Waals surface area contributed by atoms with Gasteiger partial charge in [-0.25, -0.2) is 0 Å². The maximum atomic E-state index is 12.5. The molecule has 0 aliphatic carbocycles. The van der Waals surface area contributed by atoms with Crippen molar-refractivity contribution < 1.29 is 9.32 Å². The lowest BCUT2D eigenvalue weighted by Gasteiger charge is -2.09. The zero-order valence-electron chi connectivity index (χ0n) is 12.8. The lowest BCUT2D eigenvalue weighted by Crippen LogP contribution is -2.23. The van der Waals surface area contributed by atoms with Crippen LogP contribution in [0.15, 0.2) is 21.5 Å². The third kappa shape index (κ3) is 3.60. The van der Waals surface area contributed by atoms with E-state index < -0.39 is 0 Å². The topological polar surface area (TPSA) is 104 Å². The van der Waals surface area contributed by atoms with Gasteiger partial charge in [-0.2, -0.15) is 4.98 Å². The van der Waals surface area contributed by atoms with Crippen LogP contribution in [0.4, 0.5) is 0 Å². The van der Waals surface area contributed by atoms with Crippen LogP contribution in [0.3, 0.4) is 0 Å². The molecule has 0 saturated heterocycles. The quantitative estimate of drug-likeness (QED) is 0.833. The van der Waals surface area contributed by atoms with Crippen LogP contribution in [0.2, 0.25) is 0 Å². The van der Waals surface area contributed by atoms with Crippen LogP contribution in [0, 0.1) is 6.92 Å². The molecule has 7 heteroatoms. The predicted octanol–water partition coefficient (Wildman–Crippen LogP) is 1.42. The number of nitrogens with two attached hydrogens (primary N) is 1. The van der Waals surface area contributed by atoms with E-state index in [1.807, 2.05) is 19.9 Å². The summed E-state index contributed by atoms with van der Waals surface area (Å²) in [7, 11) is 0. The Morgan fingerprint density at radius 2 is 2.18 bits per heavy atom. The zero-order valence-corrected chi connectivity index (χ0v) is 12.8. The number of rotatable bonds is 7. The molecule has 2 heterocycles. The number of nitrogens with zero attached hydrogens (tertiary/aromatic N) is 3. The first-order valence-corrected chi connectivity index (χ1v) is 7.34. The normalized spacial score (nSPS) is 10.8. The van der Waals surface area contributed by atoms with Crippen LogP contribution in [0.25, 0.3) is 11.4 Å². The molecule has 118 valence electrons. The second kappa shape index (κ2) is 7.02. The van der Waals surface area contributed by atoms with Gasteiger partial charge in [0.2, 0.25) is 17.6 Å². The second-order valence-electron chi connectivity index (χ2n) is 5.18. The Balaban J connectivity index is 2.22. The summed E-state index contributed by atoms with van der Waals surface area (Å²) in [6, 6.07) is 3.58. The highest BCUT2D eigenvalue weighted by molar-refractivity contribution is 5.73. The maximum Gasteiger partial charge on any atom is 0.261 e. The van der Waals surface area contributed by atoms with Gasteiger partial charge < -0.3 is 14.8 Å². The highest BCUT2D eigenvalue weighted by Crippen LogP contribution is 2.13. The number of aromatic nitrogens is 3. The monoisotopic (exact) mass is 304 g/mol. The molecule has 0 aliphatic heterocycles. The Morgan fingerprint density at radius 3 is 2.86 bits per heavy atom. The van der Waals surface area contributed by atoms with Crippen LogP contribution in [0.5, 0.6) is 0 Å². The van der Waals surface area contributed by atoms with E-state index in [0.717, 1.165) is 12.1 Å². The van der Waals surface area contributed by atoms with Gasteiger partial charge >= 0.3 is 0 Å². The Bertz CT molecular complexity index is 718. The fourth-order valence-corrected chi connectivity index (χ4v) is 2.22. The molecule has 1 amide bonds. The summed E-state index contributed by atoms with van der Waals surface area (Å²) in [6.45, 7) is 4.57. The molecule has 0 aliphatic rings. The van der Waals surface area contributed by atoms with Gasteiger partial charge in [0.05, 0.1) is 5.56 Å². The molecular formula is C15H20N4O3. The number of hydrogen-bond acceptors (Lipinski definition) is 5. The van der Waals surface area contributed by atoms with Crippen LogP contribution < -0.4 is 11.3 Å². The molecule has 0 bridgehead atoms. The van der Waals surface area contributed by atoms with E-state index in [9.17, 15) is 9.59 Å². The predicted molar refractivity (Wildman–Crippen MR) is 81.2 cm³/mol. The molecule has 2 N–H and O–H groups in total. The summed E-state index contributed by atoms with van der Waals surface area (Å²) in [5, 5.41) is 3.86. The van der Waals surface area contributed by atoms with Crippen molar-refractivity contribution in [2.24, 2.45) is 5.73 Å². The van der Waals surface area contributed by atoms with Gasteiger partial charge in [0.15, 0.2) is 0 Å². The van der Waals surface area contributed by atoms with Crippen LogP contribution in [-0.2, 0) is 17.8 Å². The molecular weight excluding hydrogens is 284 g/mol. The SMILES string of the molecule is CCCn1c(C)ccc(-c2noc(CCCC(N)=O)n2)c1=O. The van der Waals surface area contributed by atoms with E-state index >= 15 is 0 Å². The number of amides is 1. The zero-order chi connectivity index (χ0) is 16.1. The second-order valence-corrected chi connectivity index (χ2v) is 5.18. The van der Waals surface area contributed by atoms with E-state index in [4.69, 9.17) is 10.3 Å². The minimum Gasteiger partial charge on any atom is -0.370 e. The van der Waals surface area contributed by atoms with Gasteiger partial charge in [-0.1, -0.05) is 12.1 Å². The maximum absolute atomic E-state index is 12.5. The van der Waals surface area contributed by atoms with Crippen molar-refractivity contribution in [3.05, 3.63) is 34.1 Å². The smallest absolute Gasteiger partial charge is 0.261 e.